The van der Waals surface area contributed by atoms with Crippen molar-refractivity contribution in [1.29, 1.82) is 0 Å². The maximum atomic E-state index is 6.14. The Morgan fingerprint density at radius 3 is 2.28 bits per heavy atom. The Kier molecular flexibility index (Phi) is 6.32. The molecule has 2 fully saturated rings. The molecule has 0 bridgehead atoms. The van der Waals surface area contributed by atoms with Crippen LogP contribution in [0.15, 0.2) is 48.5 Å². The summed E-state index contributed by atoms with van der Waals surface area (Å²) >= 11 is 12.2. The minimum Gasteiger partial charge on any atom is -0.369 e. The second-order valence-corrected chi connectivity index (χ2v) is 7.71. The summed E-state index contributed by atoms with van der Waals surface area (Å²) in [5.41, 5.74) is 2.69. The van der Waals surface area contributed by atoms with Gasteiger partial charge >= 0.3 is 0 Å². The Balaban J connectivity index is 0.00000182. The Morgan fingerprint density at radius 1 is 0.880 bits per heavy atom. The van der Waals surface area contributed by atoms with E-state index in [1.54, 1.807) is 0 Å². The molecule has 2 nitrogen and oxygen atoms in total. The van der Waals surface area contributed by atoms with E-state index in [2.05, 4.69) is 46.2 Å². The summed E-state index contributed by atoms with van der Waals surface area (Å²) in [6.07, 6.45) is 1.34. The van der Waals surface area contributed by atoms with Crippen molar-refractivity contribution in [1.82, 2.24) is 4.90 Å². The van der Waals surface area contributed by atoms with Crippen LogP contribution in [0.3, 0.4) is 0 Å². The van der Waals surface area contributed by atoms with Crippen molar-refractivity contribution in [3.63, 3.8) is 0 Å². The largest absolute Gasteiger partial charge is 0.369 e. The van der Waals surface area contributed by atoms with Crippen molar-refractivity contribution >= 4 is 45.9 Å². The van der Waals surface area contributed by atoms with Crippen LogP contribution >= 0.6 is 40.2 Å². The molecule has 4 rings (SSSR count). The van der Waals surface area contributed by atoms with Crippen LogP contribution in [0.1, 0.15) is 17.9 Å². The lowest BCUT2D eigenvalue weighted by Crippen LogP contribution is -2.47. The second-order valence-electron chi connectivity index (χ2n) is 6.90. The summed E-state index contributed by atoms with van der Waals surface area (Å²) in [7, 11) is 0. The number of piperazine rings is 1. The van der Waals surface area contributed by atoms with E-state index in [1.807, 2.05) is 12.1 Å². The summed E-state index contributed by atoms with van der Waals surface area (Å²) in [6.45, 7) is 5.59. The number of benzene rings is 2. The third-order valence-corrected chi connectivity index (χ3v) is 6.02. The molecule has 2 atom stereocenters. The predicted octanol–water partition coefficient (Wildman–Crippen LogP) is 5.50. The molecule has 1 heterocycles. The van der Waals surface area contributed by atoms with Crippen LogP contribution in [0.2, 0.25) is 10.0 Å². The highest BCUT2D eigenvalue weighted by atomic mass is 79.9. The van der Waals surface area contributed by atoms with Gasteiger partial charge in [-0.15, -0.1) is 17.0 Å². The second kappa shape index (κ2) is 8.30. The fraction of sp³-hybridized carbons (Fsp3) is 0.400. The molecule has 1 saturated carbocycles. The van der Waals surface area contributed by atoms with Gasteiger partial charge < -0.3 is 4.90 Å². The molecule has 134 valence electrons. The summed E-state index contributed by atoms with van der Waals surface area (Å²) < 4.78 is 0. The number of hydrogen-bond acceptors (Lipinski definition) is 2. The molecule has 25 heavy (non-hydrogen) atoms. The molecule has 2 aliphatic rings. The number of rotatable bonds is 4. The molecule has 0 unspecified atom stereocenters. The molecule has 0 N–H and O–H groups in total. The molecular weight excluding hydrogens is 419 g/mol. The molecule has 5 heteroatoms. The highest BCUT2D eigenvalue weighted by Gasteiger charge is 2.39. The molecule has 1 aliphatic carbocycles. The van der Waals surface area contributed by atoms with Crippen LogP contribution in [-0.4, -0.2) is 37.6 Å². The van der Waals surface area contributed by atoms with Gasteiger partial charge in [0.05, 0.1) is 10.0 Å². The summed E-state index contributed by atoms with van der Waals surface area (Å²) in [6, 6.07) is 16.9. The monoisotopic (exact) mass is 440 g/mol. The maximum absolute atomic E-state index is 6.14. The van der Waals surface area contributed by atoms with Crippen molar-refractivity contribution in [3.8, 4) is 0 Å². The zero-order valence-electron chi connectivity index (χ0n) is 14.1. The molecule has 1 saturated heterocycles. The van der Waals surface area contributed by atoms with Crippen molar-refractivity contribution < 1.29 is 0 Å². The summed E-state index contributed by atoms with van der Waals surface area (Å²) in [4.78, 5) is 5.02. The van der Waals surface area contributed by atoms with Gasteiger partial charge in [-0.3, -0.25) is 4.90 Å². The van der Waals surface area contributed by atoms with Crippen LogP contribution in [0, 0.1) is 5.92 Å². The molecule has 0 aromatic heterocycles. The summed E-state index contributed by atoms with van der Waals surface area (Å²) in [5, 5.41) is 1.26. The van der Waals surface area contributed by atoms with Crippen LogP contribution < -0.4 is 4.90 Å². The van der Waals surface area contributed by atoms with Gasteiger partial charge in [0, 0.05) is 38.4 Å². The third kappa shape index (κ3) is 4.51. The zero-order valence-corrected chi connectivity index (χ0v) is 17.3. The highest BCUT2D eigenvalue weighted by molar-refractivity contribution is 8.93. The lowest BCUT2D eigenvalue weighted by molar-refractivity contribution is 0.246. The van der Waals surface area contributed by atoms with Crippen LogP contribution in [0.5, 0.6) is 0 Å². The van der Waals surface area contributed by atoms with E-state index in [1.165, 1.54) is 24.2 Å². The number of halogens is 3. The molecular formula is C20H23BrCl2N2. The zero-order chi connectivity index (χ0) is 16.5. The lowest BCUT2D eigenvalue weighted by atomic mass is 10.1. The number of anilines is 1. The fourth-order valence-corrected chi connectivity index (χ4v) is 4.05. The van der Waals surface area contributed by atoms with Gasteiger partial charge in [0.2, 0.25) is 0 Å². The molecule has 1 aliphatic heterocycles. The molecule has 0 amide bonds. The van der Waals surface area contributed by atoms with Crippen molar-refractivity contribution in [3.05, 3.63) is 64.1 Å². The van der Waals surface area contributed by atoms with Gasteiger partial charge in [-0.05, 0) is 42.0 Å². The quantitative estimate of drug-likeness (QED) is 0.618. The number of nitrogens with zero attached hydrogens (tertiary/aromatic N) is 2. The molecule has 2 aromatic carbocycles. The van der Waals surface area contributed by atoms with Gasteiger partial charge in [-0.25, -0.2) is 0 Å². The van der Waals surface area contributed by atoms with E-state index in [-0.39, 0.29) is 17.0 Å². The molecule has 0 spiro atoms. The minimum atomic E-state index is 0. The Morgan fingerprint density at radius 2 is 1.60 bits per heavy atom. The van der Waals surface area contributed by atoms with Gasteiger partial charge in [0.1, 0.15) is 0 Å². The van der Waals surface area contributed by atoms with E-state index in [4.69, 9.17) is 23.2 Å². The van der Waals surface area contributed by atoms with Crippen LogP contribution in [0.4, 0.5) is 5.69 Å². The SMILES string of the molecule is Br.Clc1ccc(N2CCN(C[C@H]3C[C@@H]3c3ccccc3)CC2)cc1Cl. The summed E-state index contributed by atoms with van der Waals surface area (Å²) in [5.74, 6) is 1.61. The highest BCUT2D eigenvalue weighted by Crippen LogP contribution is 2.47. The standard InChI is InChI=1S/C20H22Cl2N2.BrH/c21-19-7-6-17(13-20(19)22)24-10-8-23(9-11-24)14-16-12-18(16)15-4-2-1-3-5-15;/h1-7,13,16,18H,8-12,14H2;1H/t16-,18-;/m1./s1. The number of hydrogen-bond donors (Lipinski definition) is 0. The topological polar surface area (TPSA) is 6.48 Å². The van der Waals surface area contributed by atoms with Crippen molar-refractivity contribution in [2.75, 3.05) is 37.6 Å². The fourth-order valence-electron chi connectivity index (χ4n) is 3.76. The average molecular weight is 442 g/mol. The first-order chi connectivity index (χ1) is 11.7. The lowest BCUT2D eigenvalue weighted by Gasteiger charge is -2.36. The minimum absolute atomic E-state index is 0. The van der Waals surface area contributed by atoms with E-state index < -0.39 is 0 Å². The van der Waals surface area contributed by atoms with Gasteiger partial charge in [0.25, 0.3) is 0 Å². The molecule has 2 aromatic rings. The van der Waals surface area contributed by atoms with Crippen LogP contribution in [-0.2, 0) is 0 Å². The predicted molar refractivity (Wildman–Crippen MR) is 113 cm³/mol. The Bertz CT molecular complexity index is 702. The van der Waals surface area contributed by atoms with Crippen molar-refractivity contribution in [2.24, 2.45) is 5.92 Å². The first-order valence-corrected chi connectivity index (χ1v) is 9.43. The van der Waals surface area contributed by atoms with Gasteiger partial charge in [-0.2, -0.15) is 0 Å². The van der Waals surface area contributed by atoms with E-state index in [0.717, 1.165) is 38.0 Å². The Hall–Kier alpha value is -0.740. The van der Waals surface area contributed by atoms with Gasteiger partial charge in [0.15, 0.2) is 0 Å². The maximum Gasteiger partial charge on any atom is 0.0612 e. The first kappa shape index (κ1) is 19.0. The van der Waals surface area contributed by atoms with E-state index in [9.17, 15) is 0 Å². The van der Waals surface area contributed by atoms with Crippen LogP contribution in [0.25, 0.3) is 0 Å². The van der Waals surface area contributed by atoms with Gasteiger partial charge in [-0.1, -0.05) is 53.5 Å². The Labute approximate surface area is 170 Å². The smallest absolute Gasteiger partial charge is 0.0612 e. The van der Waals surface area contributed by atoms with E-state index in [0.29, 0.717) is 10.0 Å². The normalized spacial score (nSPS) is 23.2. The molecule has 0 radical (unpaired) electrons. The third-order valence-electron chi connectivity index (χ3n) is 5.28. The average Bonchev–Trinajstić information content (AvgIpc) is 3.38. The van der Waals surface area contributed by atoms with E-state index >= 15 is 0 Å². The first-order valence-electron chi connectivity index (χ1n) is 8.68. The van der Waals surface area contributed by atoms with Crippen molar-refractivity contribution in [2.45, 2.75) is 12.3 Å².